The number of halogens is 11. The number of hydrogen-bond donors (Lipinski definition) is 2. The Morgan fingerprint density at radius 1 is 0.957 bits per heavy atom. The highest BCUT2D eigenvalue weighted by Crippen LogP contribution is 2.68. The summed E-state index contributed by atoms with van der Waals surface area (Å²) in [5.74, 6) is -11.1. The van der Waals surface area contributed by atoms with Crippen LogP contribution >= 0.6 is 11.6 Å². The molecular weight excluding hydrogens is 1010 g/mol. The molecule has 5 aromatic rings. The molecule has 0 unspecified atom stereocenters. The van der Waals surface area contributed by atoms with Crippen LogP contribution in [0.2, 0.25) is 5.02 Å². The average Bonchev–Trinajstić information content (AvgIpc) is 3.71. The van der Waals surface area contributed by atoms with Gasteiger partial charge in [-0.15, -0.1) is 0 Å². The Labute approximate surface area is 388 Å². The minimum atomic E-state index is -5.24. The summed E-state index contributed by atoms with van der Waals surface area (Å²) >= 11 is 6.46. The van der Waals surface area contributed by atoms with Crippen molar-refractivity contribution in [3.8, 4) is 23.0 Å². The molecule has 0 saturated heterocycles. The number of fused-ring (bicyclic) bond motifs is 4. The van der Waals surface area contributed by atoms with Crippen LogP contribution in [0, 0.1) is 29.4 Å². The number of aromatic nitrogens is 5. The number of amides is 2. The number of carbonyl (C=O) groups is 3. The first-order valence-corrected chi connectivity index (χ1v) is 23.8. The molecule has 0 radical (unpaired) electrons. The van der Waals surface area contributed by atoms with E-state index in [1.165, 1.54) is 13.8 Å². The molecule has 2 amide bonds. The highest BCUT2D eigenvalue weighted by atomic mass is 35.5. The Morgan fingerprint density at radius 2 is 1.58 bits per heavy atom. The zero-order valence-electron chi connectivity index (χ0n) is 35.6. The van der Waals surface area contributed by atoms with E-state index in [9.17, 15) is 71.4 Å². The molecule has 7 rings (SSSR count). The molecule has 2 aromatic carbocycles. The van der Waals surface area contributed by atoms with Gasteiger partial charge in [0.15, 0.2) is 21.3 Å². The summed E-state index contributed by atoms with van der Waals surface area (Å²) in [6, 6.07) is 4.30. The van der Waals surface area contributed by atoms with Crippen molar-refractivity contribution in [2.75, 3.05) is 16.8 Å². The average molecular weight is 1040 g/mol. The largest absolute Gasteiger partial charge is 0.474 e. The van der Waals surface area contributed by atoms with Crippen LogP contribution in [0.1, 0.15) is 66.1 Å². The van der Waals surface area contributed by atoms with Gasteiger partial charge >= 0.3 is 24.2 Å². The summed E-state index contributed by atoms with van der Waals surface area (Å²) in [7, 11) is -8.97. The summed E-state index contributed by atoms with van der Waals surface area (Å²) in [6.45, 7) is -0.987. The lowest BCUT2D eigenvalue weighted by Gasteiger charge is -2.23. The SMILES string of the molecule is CC(C)(C#Cc1ccc(-c2ccc(Cl)c3c(N(C(=O)C(=O)O)S(C)(=O)=O)nn(CC(F)(F)F)c23)c([C@H](Cc2cc(F)cc(F)c2)NC(=O)Cn2nc(C(F)(F)F)c3c2C(F)(F)[C@@H]2C[C@H]32)n1)S(C)(=O)=O. The number of hydrogen-bond acceptors (Lipinski definition) is 10. The van der Waals surface area contributed by atoms with Gasteiger partial charge in [-0.05, 0) is 74.4 Å². The molecule has 368 valence electrons. The van der Waals surface area contributed by atoms with E-state index in [-0.39, 0.29) is 32.6 Å². The van der Waals surface area contributed by atoms with Crippen molar-refractivity contribution in [2.24, 2.45) is 5.92 Å². The van der Waals surface area contributed by atoms with E-state index < -0.39 is 164 Å². The van der Waals surface area contributed by atoms with E-state index in [4.69, 9.17) is 11.6 Å². The van der Waals surface area contributed by atoms with Gasteiger partial charge < -0.3 is 10.4 Å². The standard InChI is InChI=1S/C41H32ClF10N7O8S2/c1-38(2,68(3,64)65)10-9-21-5-6-22(23-7-8-26(42)30-32(23)58(17-39(45,46)47)56-35(30)59(69(4,66)67)36(61)37(62)63)31(53-21)27(13-18-11-19(43)14-20(44)12-18)54-28(60)16-57-34-29(33(55-57)41(50,51)52)24-15-25(24)40(34,48)49/h5-8,11-12,14,24-25,27H,13,15-17H2,1-4H3,(H,54,60)(H,62,63)/t24-,25+,27-/m0/s1. The molecule has 2 N–H and O–H groups in total. The first kappa shape index (κ1) is 50.6. The molecule has 28 heteroatoms. The maximum atomic E-state index is 15.5. The molecular formula is C41H32ClF10N7O8S2. The second-order valence-electron chi connectivity index (χ2n) is 16.7. The fourth-order valence-electron chi connectivity index (χ4n) is 7.89. The van der Waals surface area contributed by atoms with Crippen molar-refractivity contribution in [2.45, 2.75) is 74.8 Å². The third kappa shape index (κ3) is 9.82. The lowest BCUT2D eigenvalue weighted by molar-refractivity contribution is -0.148. The highest BCUT2D eigenvalue weighted by molar-refractivity contribution is 7.93. The predicted octanol–water partition coefficient (Wildman–Crippen LogP) is 6.67. The Balaban J connectivity index is 1.50. The number of nitrogens with one attached hydrogen (secondary N) is 1. The second-order valence-corrected chi connectivity index (χ2v) is 21.5. The van der Waals surface area contributed by atoms with Crippen LogP contribution in [0.15, 0.2) is 42.5 Å². The molecule has 1 saturated carbocycles. The van der Waals surface area contributed by atoms with Gasteiger partial charge in [-0.3, -0.25) is 19.0 Å². The smallest absolute Gasteiger partial charge is 0.435 e. The quantitative estimate of drug-likeness (QED) is 0.0813. The summed E-state index contributed by atoms with van der Waals surface area (Å²) in [6.07, 6.45) is -10.3. The number of sulfone groups is 1. The van der Waals surface area contributed by atoms with Crippen molar-refractivity contribution in [1.82, 2.24) is 29.9 Å². The van der Waals surface area contributed by atoms with E-state index >= 15 is 8.78 Å². The molecule has 3 atom stereocenters. The van der Waals surface area contributed by atoms with Gasteiger partial charge in [0.1, 0.15) is 40.9 Å². The molecule has 2 aliphatic carbocycles. The number of alkyl halides is 8. The number of pyridine rings is 1. The van der Waals surface area contributed by atoms with Crippen LogP contribution in [-0.2, 0) is 65.9 Å². The Hall–Kier alpha value is -6.27. The maximum Gasteiger partial charge on any atom is 0.435 e. The Bertz CT molecular complexity index is 3290. The molecule has 1 fully saturated rings. The lowest BCUT2D eigenvalue weighted by Crippen LogP contribution is -2.41. The van der Waals surface area contributed by atoms with E-state index in [0.717, 1.165) is 42.7 Å². The van der Waals surface area contributed by atoms with Crippen molar-refractivity contribution in [1.29, 1.82) is 0 Å². The van der Waals surface area contributed by atoms with Crippen LogP contribution in [0.25, 0.3) is 22.0 Å². The monoisotopic (exact) mass is 1040 g/mol. The van der Waals surface area contributed by atoms with Crippen LogP contribution in [0.4, 0.5) is 49.7 Å². The number of carbonyl (C=O) groups excluding carboxylic acids is 2. The number of benzene rings is 2. The lowest BCUT2D eigenvalue weighted by atomic mass is 9.93. The molecule has 3 heterocycles. The molecule has 3 aromatic heterocycles. The zero-order chi connectivity index (χ0) is 51.3. The number of aliphatic carboxylic acids is 1. The van der Waals surface area contributed by atoms with Crippen molar-refractivity contribution >= 4 is 66.0 Å². The summed E-state index contributed by atoms with van der Waals surface area (Å²) in [4.78, 5) is 43.2. The van der Waals surface area contributed by atoms with Crippen LogP contribution in [-0.4, -0.2) is 87.7 Å². The van der Waals surface area contributed by atoms with Crippen LogP contribution in [0.3, 0.4) is 0 Å². The first-order valence-electron chi connectivity index (χ1n) is 19.7. The van der Waals surface area contributed by atoms with E-state index in [0.29, 0.717) is 12.3 Å². The fraction of sp³-hybridized carbons (Fsp3) is 0.366. The van der Waals surface area contributed by atoms with Crippen molar-refractivity contribution < 1.29 is 80.2 Å². The van der Waals surface area contributed by atoms with Gasteiger partial charge in [0.2, 0.25) is 15.9 Å². The number of carboxylic acid groups (broad SMARTS) is 1. The molecule has 2 aliphatic rings. The van der Waals surface area contributed by atoms with Gasteiger partial charge in [-0.2, -0.15) is 49.6 Å². The number of rotatable bonds is 11. The molecule has 15 nitrogen and oxygen atoms in total. The second kappa shape index (κ2) is 17.0. The third-order valence-electron chi connectivity index (χ3n) is 11.2. The third-order valence-corrected chi connectivity index (χ3v) is 14.5. The Kier molecular flexibility index (Phi) is 12.5. The van der Waals surface area contributed by atoms with E-state index in [2.05, 4.69) is 32.3 Å². The number of anilines is 1. The number of nitrogens with zero attached hydrogens (tertiary/aromatic N) is 6. The first-order chi connectivity index (χ1) is 31.6. The zero-order valence-corrected chi connectivity index (χ0v) is 38.0. The highest BCUT2D eigenvalue weighted by Gasteiger charge is 2.68. The van der Waals surface area contributed by atoms with Gasteiger partial charge in [0.25, 0.3) is 5.92 Å². The normalized spacial score (nSPS) is 17.1. The summed E-state index contributed by atoms with van der Waals surface area (Å²) in [5, 5.41) is 17.5. The van der Waals surface area contributed by atoms with Gasteiger partial charge in [-0.1, -0.05) is 23.6 Å². The molecule has 69 heavy (non-hydrogen) atoms. The molecule has 0 spiro atoms. The van der Waals surface area contributed by atoms with Crippen molar-refractivity contribution in [3.05, 3.63) is 93.0 Å². The number of sulfonamides is 1. The van der Waals surface area contributed by atoms with E-state index in [1.807, 2.05) is 0 Å². The maximum absolute atomic E-state index is 15.5. The Morgan fingerprint density at radius 3 is 2.14 bits per heavy atom. The van der Waals surface area contributed by atoms with Crippen LogP contribution in [0.5, 0.6) is 0 Å². The van der Waals surface area contributed by atoms with Crippen molar-refractivity contribution in [3.63, 3.8) is 0 Å². The summed E-state index contributed by atoms with van der Waals surface area (Å²) in [5.41, 5.74) is -6.42. The summed E-state index contributed by atoms with van der Waals surface area (Å²) < 4.78 is 195. The minimum absolute atomic E-state index is 0.113. The topological polar surface area (TPSA) is 204 Å². The van der Waals surface area contributed by atoms with Gasteiger partial charge in [0, 0.05) is 34.9 Å². The molecule has 0 bridgehead atoms. The minimum Gasteiger partial charge on any atom is -0.474 e. The number of carboxylic acids is 1. The predicted molar refractivity (Wildman–Crippen MR) is 223 cm³/mol. The molecule has 0 aliphatic heterocycles. The van der Waals surface area contributed by atoms with Gasteiger partial charge in [0.05, 0.1) is 33.9 Å². The fourth-order valence-corrected chi connectivity index (χ4v) is 9.19. The van der Waals surface area contributed by atoms with E-state index in [1.54, 1.807) is 0 Å². The van der Waals surface area contributed by atoms with Crippen LogP contribution < -0.4 is 9.62 Å². The van der Waals surface area contributed by atoms with Gasteiger partial charge in [-0.25, -0.2) is 35.4 Å².